The van der Waals surface area contributed by atoms with Crippen LogP contribution in [0.5, 0.6) is 0 Å². The molecule has 0 aliphatic carbocycles. The zero-order valence-corrected chi connectivity index (χ0v) is 18.8. The lowest BCUT2D eigenvalue weighted by molar-refractivity contribution is -0.0975. The zero-order chi connectivity index (χ0) is 20.9. The fraction of sp³-hybridized carbons (Fsp3) is 0.391. The highest BCUT2D eigenvalue weighted by Crippen LogP contribution is 2.41. The summed E-state index contributed by atoms with van der Waals surface area (Å²) < 4.78 is 12.6. The maximum atomic E-state index is 7.14. The minimum absolute atomic E-state index is 0.0193. The van der Waals surface area contributed by atoms with E-state index in [0.29, 0.717) is 29.8 Å². The molecule has 1 aliphatic rings. The Morgan fingerprint density at radius 3 is 2.52 bits per heavy atom. The molecule has 1 aliphatic heterocycles. The molecule has 0 aromatic heterocycles. The molecule has 3 atom stereocenters. The summed E-state index contributed by atoms with van der Waals surface area (Å²) in [5.41, 5.74) is 2.01. The molecule has 2 aromatic rings. The molecule has 0 bridgehead atoms. The van der Waals surface area contributed by atoms with Gasteiger partial charge in [0.05, 0.1) is 29.3 Å². The molecule has 29 heavy (non-hydrogen) atoms. The first kappa shape index (κ1) is 22.6. The normalized spacial score (nSPS) is 24.7. The molecule has 0 N–H and O–H groups in total. The Morgan fingerprint density at radius 2 is 1.86 bits per heavy atom. The van der Waals surface area contributed by atoms with E-state index in [1.807, 2.05) is 48.5 Å². The number of alkyl halides is 1. The minimum Gasteiger partial charge on any atom is -0.368 e. The number of hydrogen-bond acceptors (Lipinski definition) is 3. The molecular formula is C23H26Cl3NO2. The summed E-state index contributed by atoms with van der Waals surface area (Å²) in [5.74, 6) is 0. The predicted octanol–water partition coefficient (Wildman–Crippen LogP) is 6.31. The van der Waals surface area contributed by atoms with Gasteiger partial charge in [-0.2, -0.15) is 0 Å². The van der Waals surface area contributed by atoms with E-state index in [0.717, 1.165) is 24.1 Å². The van der Waals surface area contributed by atoms with Crippen molar-refractivity contribution in [1.82, 2.24) is 4.90 Å². The van der Waals surface area contributed by atoms with Crippen molar-refractivity contribution in [2.24, 2.45) is 0 Å². The third kappa shape index (κ3) is 5.35. The van der Waals surface area contributed by atoms with E-state index < -0.39 is 5.06 Å². The summed E-state index contributed by atoms with van der Waals surface area (Å²) in [6.07, 6.45) is 2.31. The van der Waals surface area contributed by atoms with Crippen molar-refractivity contribution < 1.29 is 9.47 Å². The van der Waals surface area contributed by atoms with Gasteiger partial charge in [-0.1, -0.05) is 84.2 Å². The molecule has 0 saturated carbocycles. The summed E-state index contributed by atoms with van der Waals surface area (Å²) in [6.45, 7) is 8.36. The highest BCUT2D eigenvalue weighted by Gasteiger charge is 2.54. The molecule has 1 saturated heterocycles. The molecule has 1 unspecified atom stereocenters. The third-order valence-corrected chi connectivity index (χ3v) is 6.61. The molecule has 156 valence electrons. The topological polar surface area (TPSA) is 21.7 Å². The monoisotopic (exact) mass is 453 g/mol. The standard InChI is InChI=1S/C23H26Cl3NO2/c1-3-8-21-23(26,29-16-17-9-6-5-7-10-17)22(14-27(21)4-2)28-15-18-11-12-19(24)20(25)13-18/h3,5-7,9-13,21-22H,1,4,8,14-16H2,2H3/t21?,22-,23+/m1/s1. The molecule has 0 radical (unpaired) electrons. The Hall–Kier alpha value is -1.07. The van der Waals surface area contributed by atoms with E-state index in [9.17, 15) is 0 Å². The first-order valence-electron chi connectivity index (χ1n) is 9.75. The van der Waals surface area contributed by atoms with Crippen molar-refractivity contribution in [3.05, 3.63) is 82.4 Å². The second-order valence-electron chi connectivity index (χ2n) is 7.15. The molecule has 0 amide bonds. The lowest BCUT2D eigenvalue weighted by atomic mass is 10.1. The van der Waals surface area contributed by atoms with Crippen LogP contribution in [-0.2, 0) is 22.7 Å². The Morgan fingerprint density at radius 1 is 1.10 bits per heavy atom. The van der Waals surface area contributed by atoms with Crippen molar-refractivity contribution in [2.75, 3.05) is 13.1 Å². The second kappa shape index (κ2) is 10.3. The fourth-order valence-corrected chi connectivity index (χ4v) is 4.43. The van der Waals surface area contributed by atoms with Crippen LogP contribution in [-0.4, -0.2) is 35.2 Å². The van der Waals surface area contributed by atoms with Crippen molar-refractivity contribution in [3.63, 3.8) is 0 Å². The van der Waals surface area contributed by atoms with Gasteiger partial charge in [-0.3, -0.25) is 4.90 Å². The van der Waals surface area contributed by atoms with Crippen molar-refractivity contribution in [3.8, 4) is 0 Å². The van der Waals surface area contributed by atoms with E-state index in [1.54, 1.807) is 6.07 Å². The number of hydrogen-bond donors (Lipinski definition) is 0. The minimum atomic E-state index is -0.976. The highest BCUT2D eigenvalue weighted by molar-refractivity contribution is 6.42. The van der Waals surface area contributed by atoms with Crippen LogP contribution in [0.2, 0.25) is 10.0 Å². The van der Waals surface area contributed by atoms with Gasteiger partial charge in [-0.05, 0) is 36.2 Å². The van der Waals surface area contributed by atoms with Gasteiger partial charge in [0.25, 0.3) is 0 Å². The van der Waals surface area contributed by atoms with Crippen LogP contribution in [0.3, 0.4) is 0 Å². The average Bonchev–Trinajstić information content (AvgIpc) is 3.00. The summed E-state index contributed by atoms with van der Waals surface area (Å²) in [7, 11) is 0. The van der Waals surface area contributed by atoms with Gasteiger partial charge in [-0.15, -0.1) is 6.58 Å². The number of ether oxygens (including phenoxy) is 2. The van der Waals surface area contributed by atoms with Crippen molar-refractivity contribution >= 4 is 34.8 Å². The van der Waals surface area contributed by atoms with Crippen molar-refractivity contribution in [2.45, 2.75) is 43.8 Å². The van der Waals surface area contributed by atoms with Gasteiger partial charge in [-0.25, -0.2) is 0 Å². The summed E-state index contributed by atoms with van der Waals surface area (Å²) >= 11 is 19.3. The number of likely N-dealkylation sites (N-methyl/N-ethyl adjacent to an activating group) is 1. The Kier molecular flexibility index (Phi) is 8.03. The lowest BCUT2D eigenvalue weighted by Crippen LogP contribution is -2.47. The van der Waals surface area contributed by atoms with E-state index in [4.69, 9.17) is 44.3 Å². The molecule has 1 fully saturated rings. The Labute approximate surface area is 188 Å². The highest BCUT2D eigenvalue weighted by atomic mass is 35.5. The number of rotatable bonds is 9. The average molecular weight is 455 g/mol. The molecule has 0 spiro atoms. The molecule has 3 rings (SSSR count). The summed E-state index contributed by atoms with van der Waals surface area (Å²) in [5, 5.41) is 0.0599. The van der Waals surface area contributed by atoms with Gasteiger partial charge >= 0.3 is 0 Å². The van der Waals surface area contributed by atoms with Crippen LogP contribution < -0.4 is 0 Å². The van der Waals surface area contributed by atoms with Crippen molar-refractivity contribution in [1.29, 1.82) is 0 Å². The molecule has 3 nitrogen and oxygen atoms in total. The van der Waals surface area contributed by atoms with E-state index in [1.165, 1.54) is 0 Å². The van der Waals surface area contributed by atoms with Gasteiger partial charge in [0.2, 0.25) is 0 Å². The smallest absolute Gasteiger partial charge is 0.184 e. The molecule has 6 heteroatoms. The van der Waals surface area contributed by atoms with Crippen LogP contribution in [0.25, 0.3) is 0 Å². The molecular weight excluding hydrogens is 429 g/mol. The first-order chi connectivity index (χ1) is 14.0. The van der Waals surface area contributed by atoms with Crippen LogP contribution in [0.1, 0.15) is 24.5 Å². The van der Waals surface area contributed by atoms with Crippen LogP contribution in [0.4, 0.5) is 0 Å². The quantitative estimate of drug-likeness (QED) is 0.327. The second-order valence-corrected chi connectivity index (χ2v) is 8.55. The molecule has 2 aromatic carbocycles. The lowest BCUT2D eigenvalue weighted by Gasteiger charge is -2.35. The first-order valence-corrected chi connectivity index (χ1v) is 10.9. The summed E-state index contributed by atoms with van der Waals surface area (Å²) in [4.78, 5) is 2.29. The van der Waals surface area contributed by atoms with E-state index in [2.05, 4.69) is 18.4 Å². The Bertz CT molecular complexity index is 817. The maximum absolute atomic E-state index is 7.14. The van der Waals surface area contributed by atoms with Crippen LogP contribution >= 0.6 is 34.8 Å². The number of halogens is 3. The predicted molar refractivity (Wildman–Crippen MR) is 121 cm³/mol. The van der Waals surface area contributed by atoms with Gasteiger partial charge in [0, 0.05) is 6.54 Å². The van der Waals surface area contributed by atoms with Gasteiger partial charge < -0.3 is 9.47 Å². The Balaban J connectivity index is 1.77. The van der Waals surface area contributed by atoms with E-state index in [-0.39, 0.29) is 12.1 Å². The number of likely N-dealkylation sites (tertiary alicyclic amines) is 1. The largest absolute Gasteiger partial charge is 0.368 e. The number of benzene rings is 2. The molecule has 1 heterocycles. The fourth-order valence-electron chi connectivity index (χ4n) is 3.70. The van der Waals surface area contributed by atoms with E-state index >= 15 is 0 Å². The maximum Gasteiger partial charge on any atom is 0.184 e. The van der Waals surface area contributed by atoms with Gasteiger partial charge in [0.15, 0.2) is 5.06 Å². The van der Waals surface area contributed by atoms with Crippen LogP contribution in [0.15, 0.2) is 61.2 Å². The SMILES string of the molecule is C=CCC1N(CC)C[C@@H](OCc2ccc(Cl)c(Cl)c2)[C@@]1(Cl)OCc1ccccc1. The zero-order valence-electron chi connectivity index (χ0n) is 16.5. The third-order valence-electron chi connectivity index (χ3n) is 5.27. The van der Waals surface area contributed by atoms with Gasteiger partial charge in [0.1, 0.15) is 6.10 Å². The van der Waals surface area contributed by atoms with Crippen LogP contribution in [0, 0.1) is 0 Å². The summed E-state index contributed by atoms with van der Waals surface area (Å²) in [6, 6.07) is 15.5. The number of nitrogens with zero attached hydrogens (tertiary/aromatic N) is 1.